The van der Waals surface area contributed by atoms with Crippen LogP contribution >= 0.6 is 0 Å². The van der Waals surface area contributed by atoms with Crippen LogP contribution in [0.15, 0.2) is 12.2 Å². The number of hydrogen-bond acceptors (Lipinski definition) is 3. The standard InChI is InChI=1S/C14H28O3Si/c1-6-12(16-13(15)11(2)3)9-7-8-10-14(4,5)17-18/h12H,2,6-10H2,1,3-5,18H3. The van der Waals surface area contributed by atoms with Crippen LogP contribution in [-0.4, -0.2) is 28.2 Å². The average Bonchev–Trinajstić information content (AvgIpc) is 2.32. The normalized spacial score (nSPS) is 13.3. The molecular formula is C14H28O3Si. The van der Waals surface area contributed by atoms with E-state index in [4.69, 9.17) is 9.16 Å². The molecule has 0 aliphatic rings. The fourth-order valence-corrected chi connectivity index (χ4v) is 1.83. The molecule has 0 aliphatic carbocycles. The first kappa shape index (κ1) is 17.4. The minimum Gasteiger partial charge on any atom is -0.459 e. The molecule has 0 rings (SSSR count). The van der Waals surface area contributed by atoms with Gasteiger partial charge in [0, 0.05) is 11.2 Å². The van der Waals surface area contributed by atoms with Crippen LogP contribution in [-0.2, 0) is 14.0 Å². The third-order valence-electron chi connectivity index (χ3n) is 3.19. The van der Waals surface area contributed by atoms with Gasteiger partial charge in [0.2, 0.25) is 0 Å². The highest BCUT2D eigenvalue weighted by molar-refractivity contribution is 5.98. The molecule has 0 heterocycles. The van der Waals surface area contributed by atoms with Crippen LogP contribution in [0.1, 0.15) is 59.8 Å². The van der Waals surface area contributed by atoms with Crippen molar-refractivity contribution >= 4 is 16.5 Å². The smallest absolute Gasteiger partial charge is 0.333 e. The Kier molecular flexibility index (Phi) is 8.19. The summed E-state index contributed by atoms with van der Waals surface area (Å²) in [7, 11) is 0.780. The van der Waals surface area contributed by atoms with Gasteiger partial charge in [0.15, 0.2) is 0 Å². The lowest BCUT2D eigenvalue weighted by Crippen LogP contribution is -2.23. The highest BCUT2D eigenvalue weighted by Crippen LogP contribution is 2.19. The zero-order valence-electron chi connectivity index (χ0n) is 12.5. The zero-order valence-corrected chi connectivity index (χ0v) is 14.5. The first-order chi connectivity index (χ1) is 8.32. The van der Waals surface area contributed by atoms with Crippen LogP contribution < -0.4 is 0 Å². The van der Waals surface area contributed by atoms with Crippen molar-refractivity contribution in [2.45, 2.75) is 71.5 Å². The molecule has 0 spiro atoms. The van der Waals surface area contributed by atoms with Crippen molar-refractivity contribution in [2.75, 3.05) is 0 Å². The first-order valence-electron chi connectivity index (χ1n) is 6.74. The largest absolute Gasteiger partial charge is 0.459 e. The third kappa shape index (κ3) is 7.66. The van der Waals surface area contributed by atoms with Gasteiger partial charge < -0.3 is 9.16 Å². The van der Waals surface area contributed by atoms with Crippen molar-refractivity contribution in [3.8, 4) is 0 Å². The van der Waals surface area contributed by atoms with E-state index >= 15 is 0 Å². The second kappa shape index (κ2) is 8.48. The van der Waals surface area contributed by atoms with Crippen molar-refractivity contribution < 1.29 is 14.0 Å². The lowest BCUT2D eigenvalue weighted by molar-refractivity contribution is -0.144. The highest BCUT2D eigenvalue weighted by atomic mass is 28.2. The van der Waals surface area contributed by atoms with Gasteiger partial charge in [0.25, 0.3) is 0 Å². The number of carbonyl (C=O) groups excluding carboxylic acids is 1. The fraction of sp³-hybridized carbons (Fsp3) is 0.786. The molecule has 18 heavy (non-hydrogen) atoms. The molecule has 0 aliphatic heterocycles. The number of hydrogen-bond donors (Lipinski definition) is 0. The summed E-state index contributed by atoms with van der Waals surface area (Å²) in [5.74, 6) is -0.273. The predicted octanol–water partition coefficient (Wildman–Crippen LogP) is 2.52. The van der Waals surface area contributed by atoms with Crippen LogP contribution in [0.3, 0.4) is 0 Å². The van der Waals surface area contributed by atoms with Gasteiger partial charge in [-0.25, -0.2) is 4.79 Å². The minimum absolute atomic E-state index is 0.00230. The van der Waals surface area contributed by atoms with Gasteiger partial charge in [-0.1, -0.05) is 19.9 Å². The monoisotopic (exact) mass is 272 g/mol. The van der Waals surface area contributed by atoms with E-state index in [1.54, 1.807) is 6.92 Å². The quantitative estimate of drug-likeness (QED) is 0.280. The summed E-state index contributed by atoms with van der Waals surface area (Å²) in [6.07, 6.45) is 5.04. The Bertz CT molecular complexity index is 274. The molecule has 0 radical (unpaired) electrons. The first-order valence-corrected chi connectivity index (χ1v) is 7.55. The van der Waals surface area contributed by atoms with Gasteiger partial charge in [-0.2, -0.15) is 0 Å². The summed E-state index contributed by atoms with van der Waals surface area (Å²) in [5.41, 5.74) is 0.474. The second-order valence-electron chi connectivity index (χ2n) is 5.43. The predicted molar refractivity (Wildman–Crippen MR) is 78.6 cm³/mol. The van der Waals surface area contributed by atoms with Gasteiger partial charge >= 0.3 is 5.97 Å². The molecule has 0 saturated carbocycles. The highest BCUT2D eigenvalue weighted by Gasteiger charge is 2.16. The molecule has 1 atom stereocenters. The van der Waals surface area contributed by atoms with E-state index in [1.807, 2.05) is 6.92 Å². The Morgan fingerprint density at radius 1 is 1.39 bits per heavy atom. The van der Waals surface area contributed by atoms with E-state index in [2.05, 4.69) is 20.4 Å². The molecule has 0 aromatic carbocycles. The van der Waals surface area contributed by atoms with E-state index in [0.717, 1.165) is 42.6 Å². The van der Waals surface area contributed by atoms with Crippen LogP contribution in [0.5, 0.6) is 0 Å². The van der Waals surface area contributed by atoms with Crippen molar-refractivity contribution in [1.82, 2.24) is 0 Å². The number of esters is 1. The molecule has 0 aromatic heterocycles. The van der Waals surface area contributed by atoms with Crippen molar-refractivity contribution in [1.29, 1.82) is 0 Å². The minimum atomic E-state index is -0.273. The number of rotatable bonds is 9. The molecule has 0 amide bonds. The summed E-state index contributed by atoms with van der Waals surface area (Å²) in [4.78, 5) is 11.4. The molecular weight excluding hydrogens is 244 g/mol. The maximum atomic E-state index is 11.4. The molecule has 0 fully saturated rings. The fourth-order valence-electron chi connectivity index (χ4n) is 1.62. The Hall–Kier alpha value is -0.613. The van der Waals surface area contributed by atoms with E-state index in [9.17, 15) is 4.79 Å². The molecule has 106 valence electrons. The van der Waals surface area contributed by atoms with Crippen molar-refractivity contribution in [3.63, 3.8) is 0 Å². The second-order valence-corrected chi connectivity index (χ2v) is 5.83. The maximum absolute atomic E-state index is 11.4. The summed E-state index contributed by atoms with van der Waals surface area (Å²) in [6, 6.07) is 0. The van der Waals surface area contributed by atoms with Crippen LogP contribution in [0.2, 0.25) is 0 Å². The molecule has 3 nitrogen and oxygen atoms in total. The number of unbranched alkanes of at least 4 members (excludes halogenated alkanes) is 1. The molecule has 0 saturated heterocycles. The topological polar surface area (TPSA) is 35.5 Å². The van der Waals surface area contributed by atoms with Crippen LogP contribution in [0.4, 0.5) is 0 Å². The number of carbonyl (C=O) groups is 1. The van der Waals surface area contributed by atoms with Gasteiger partial charge in [-0.05, 0) is 46.5 Å². The third-order valence-corrected chi connectivity index (χ3v) is 4.29. The molecule has 1 unspecified atom stereocenters. The van der Waals surface area contributed by atoms with E-state index in [0.29, 0.717) is 5.57 Å². The average molecular weight is 272 g/mol. The molecule has 0 aromatic rings. The molecule has 0 bridgehead atoms. The Balaban J connectivity index is 3.88. The van der Waals surface area contributed by atoms with Gasteiger partial charge in [-0.3, -0.25) is 0 Å². The zero-order chi connectivity index (χ0) is 14.2. The van der Waals surface area contributed by atoms with E-state index in [1.165, 1.54) is 0 Å². The SMILES string of the molecule is C=C(C)C(=O)OC(CC)CCCCC(C)(C)O[SiH3]. The summed E-state index contributed by atoms with van der Waals surface area (Å²) < 4.78 is 10.9. The van der Waals surface area contributed by atoms with Gasteiger partial charge in [0.05, 0.1) is 0 Å². The van der Waals surface area contributed by atoms with Crippen molar-refractivity contribution in [3.05, 3.63) is 12.2 Å². The van der Waals surface area contributed by atoms with E-state index < -0.39 is 0 Å². The summed E-state index contributed by atoms with van der Waals surface area (Å²) >= 11 is 0. The maximum Gasteiger partial charge on any atom is 0.333 e. The Morgan fingerprint density at radius 2 is 2.00 bits per heavy atom. The van der Waals surface area contributed by atoms with Gasteiger partial charge in [0.1, 0.15) is 16.6 Å². The lowest BCUT2D eigenvalue weighted by Gasteiger charge is -2.24. The lowest BCUT2D eigenvalue weighted by atomic mass is 9.99. The van der Waals surface area contributed by atoms with Crippen molar-refractivity contribution in [2.24, 2.45) is 0 Å². The Labute approximate surface area is 114 Å². The Morgan fingerprint density at radius 3 is 2.44 bits per heavy atom. The molecule has 4 heteroatoms. The van der Waals surface area contributed by atoms with Crippen LogP contribution in [0, 0.1) is 0 Å². The summed E-state index contributed by atoms with van der Waals surface area (Å²) in [5, 5.41) is 0. The van der Waals surface area contributed by atoms with Gasteiger partial charge in [-0.15, -0.1) is 0 Å². The molecule has 0 N–H and O–H groups in total. The summed E-state index contributed by atoms with van der Waals surface area (Å²) in [6.45, 7) is 11.6. The number of ether oxygens (including phenoxy) is 1. The van der Waals surface area contributed by atoms with Crippen LogP contribution in [0.25, 0.3) is 0 Å². The van der Waals surface area contributed by atoms with E-state index in [-0.39, 0.29) is 17.7 Å².